The molecule has 2 aromatic carbocycles. The summed E-state index contributed by atoms with van der Waals surface area (Å²) in [7, 11) is 0. The Labute approximate surface area is 234 Å². The van der Waals surface area contributed by atoms with Gasteiger partial charge in [0.15, 0.2) is 0 Å². The lowest BCUT2D eigenvalue weighted by Crippen LogP contribution is -2.29. The molecule has 1 unspecified atom stereocenters. The van der Waals surface area contributed by atoms with Crippen molar-refractivity contribution in [3.8, 4) is 5.75 Å². The highest BCUT2D eigenvalue weighted by Gasteiger charge is 2.47. The van der Waals surface area contributed by atoms with E-state index in [1.54, 1.807) is 73.8 Å². The largest absolute Gasteiger partial charge is 0.507 e. The van der Waals surface area contributed by atoms with Crippen LogP contribution in [0.1, 0.15) is 63.0 Å². The fraction of sp³-hybridized carbons (Fsp3) is 0.312. The molecule has 0 spiro atoms. The maximum absolute atomic E-state index is 13.5. The lowest BCUT2D eigenvalue weighted by molar-refractivity contribution is -0.142. The van der Waals surface area contributed by atoms with Gasteiger partial charge in [-0.3, -0.25) is 24.3 Å². The first-order chi connectivity index (χ1) is 19.1. The molecule has 0 radical (unpaired) electrons. The molecule has 1 saturated heterocycles. The number of ether oxygens (including phenoxy) is 2. The van der Waals surface area contributed by atoms with E-state index in [-0.39, 0.29) is 35.7 Å². The van der Waals surface area contributed by atoms with Gasteiger partial charge in [-0.2, -0.15) is 0 Å². The summed E-state index contributed by atoms with van der Waals surface area (Å²) in [6, 6.07) is 16.3. The van der Waals surface area contributed by atoms with Crippen LogP contribution in [0.5, 0.6) is 5.75 Å². The van der Waals surface area contributed by atoms with Crippen molar-refractivity contribution >= 4 is 29.1 Å². The molecule has 1 aliphatic rings. The van der Waals surface area contributed by atoms with Crippen LogP contribution < -0.4 is 9.64 Å². The van der Waals surface area contributed by atoms with Gasteiger partial charge in [-0.1, -0.05) is 39.0 Å². The van der Waals surface area contributed by atoms with E-state index in [0.717, 1.165) is 5.56 Å². The third-order valence-electron chi connectivity index (χ3n) is 6.64. The summed E-state index contributed by atoms with van der Waals surface area (Å²) in [5.74, 6) is -1.54. The SMILES string of the molecule is CCOC(=O)Cc1ccc(N2C(=O)C(=O)/C(=C(\O)c3ccc(OCC)c(C(C)(C)C)c3)C2c2ccccn2)cc1. The quantitative estimate of drug-likeness (QED) is 0.173. The molecule has 1 aromatic heterocycles. The normalized spacial score (nSPS) is 16.7. The number of esters is 1. The number of nitrogens with zero attached hydrogens (tertiary/aromatic N) is 2. The number of Topliss-reactive ketones (excluding diaryl/α,β-unsaturated/α-hetero) is 1. The Morgan fingerprint density at radius 1 is 1.00 bits per heavy atom. The van der Waals surface area contributed by atoms with Gasteiger partial charge in [-0.05, 0) is 67.3 Å². The maximum atomic E-state index is 13.5. The Bertz CT molecular complexity index is 1440. The Balaban J connectivity index is 1.83. The second-order valence-corrected chi connectivity index (χ2v) is 10.5. The number of rotatable bonds is 8. The second-order valence-electron chi connectivity index (χ2n) is 10.5. The number of pyridine rings is 1. The molecule has 1 atom stereocenters. The highest BCUT2D eigenvalue weighted by molar-refractivity contribution is 6.51. The first kappa shape index (κ1) is 28.5. The van der Waals surface area contributed by atoms with Gasteiger partial charge in [0.1, 0.15) is 17.6 Å². The summed E-state index contributed by atoms with van der Waals surface area (Å²) in [5.41, 5.74) is 2.47. The fourth-order valence-electron chi connectivity index (χ4n) is 4.77. The molecule has 0 saturated carbocycles. The number of ketones is 1. The Kier molecular flexibility index (Phi) is 8.38. The number of amides is 1. The molecule has 0 aliphatic carbocycles. The minimum Gasteiger partial charge on any atom is -0.507 e. The molecule has 4 rings (SSSR count). The molecule has 1 N–H and O–H groups in total. The van der Waals surface area contributed by atoms with E-state index in [0.29, 0.717) is 34.9 Å². The van der Waals surface area contributed by atoms with Gasteiger partial charge >= 0.3 is 5.97 Å². The number of benzene rings is 2. The van der Waals surface area contributed by atoms with Crippen LogP contribution in [-0.2, 0) is 31.0 Å². The van der Waals surface area contributed by atoms with Crippen LogP contribution >= 0.6 is 0 Å². The smallest absolute Gasteiger partial charge is 0.310 e. The molecule has 8 heteroatoms. The van der Waals surface area contributed by atoms with Crippen molar-refractivity contribution in [3.63, 3.8) is 0 Å². The summed E-state index contributed by atoms with van der Waals surface area (Å²) >= 11 is 0. The molecule has 1 fully saturated rings. The molecule has 3 aromatic rings. The number of aromatic nitrogens is 1. The predicted molar refractivity (Wildman–Crippen MR) is 152 cm³/mol. The van der Waals surface area contributed by atoms with Gasteiger partial charge in [0.2, 0.25) is 0 Å². The monoisotopic (exact) mass is 542 g/mol. The number of carbonyl (C=O) groups is 3. The highest BCUT2D eigenvalue weighted by Crippen LogP contribution is 2.42. The minimum absolute atomic E-state index is 0.0525. The van der Waals surface area contributed by atoms with E-state index in [1.165, 1.54) is 4.90 Å². The summed E-state index contributed by atoms with van der Waals surface area (Å²) in [6.07, 6.45) is 1.66. The molecular weight excluding hydrogens is 508 g/mol. The molecule has 8 nitrogen and oxygen atoms in total. The van der Waals surface area contributed by atoms with Crippen LogP contribution in [0.4, 0.5) is 5.69 Å². The third kappa shape index (κ3) is 5.76. The van der Waals surface area contributed by atoms with E-state index < -0.39 is 17.7 Å². The summed E-state index contributed by atoms with van der Waals surface area (Å²) < 4.78 is 10.8. The number of anilines is 1. The Morgan fingerprint density at radius 3 is 2.33 bits per heavy atom. The van der Waals surface area contributed by atoms with E-state index in [4.69, 9.17) is 9.47 Å². The first-order valence-electron chi connectivity index (χ1n) is 13.3. The van der Waals surface area contributed by atoms with Crippen LogP contribution in [0.15, 0.2) is 72.4 Å². The number of aliphatic hydroxyl groups is 1. The van der Waals surface area contributed by atoms with E-state index in [2.05, 4.69) is 4.98 Å². The Hall–Kier alpha value is -4.46. The van der Waals surface area contributed by atoms with Crippen molar-refractivity contribution < 1.29 is 29.0 Å². The highest BCUT2D eigenvalue weighted by atomic mass is 16.5. The van der Waals surface area contributed by atoms with Crippen molar-refractivity contribution in [3.05, 3.63) is 94.8 Å². The zero-order valence-electron chi connectivity index (χ0n) is 23.4. The third-order valence-corrected chi connectivity index (χ3v) is 6.64. The van der Waals surface area contributed by atoms with E-state index >= 15 is 0 Å². The van der Waals surface area contributed by atoms with Crippen LogP contribution in [-0.4, -0.2) is 41.0 Å². The zero-order chi connectivity index (χ0) is 29.0. The average Bonchev–Trinajstić information content (AvgIpc) is 3.19. The van der Waals surface area contributed by atoms with Crippen LogP contribution in [0.3, 0.4) is 0 Å². The van der Waals surface area contributed by atoms with Crippen molar-refractivity contribution in [1.29, 1.82) is 0 Å². The van der Waals surface area contributed by atoms with Gasteiger partial charge in [-0.25, -0.2) is 0 Å². The van der Waals surface area contributed by atoms with Crippen LogP contribution in [0.2, 0.25) is 0 Å². The number of carbonyl (C=O) groups excluding carboxylic acids is 3. The number of hydrogen-bond acceptors (Lipinski definition) is 7. The van der Waals surface area contributed by atoms with Gasteiger partial charge in [0.05, 0.1) is 30.9 Å². The molecule has 208 valence electrons. The zero-order valence-corrected chi connectivity index (χ0v) is 23.4. The Morgan fingerprint density at radius 2 is 1.73 bits per heavy atom. The summed E-state index contributed by atoms with van der Waals surface area (Å²) in [6.45, 7) is 10.5. The van der Waals surface area contributed by atoms with Crippen molar-refractivity contribution in [2.75, 3.05) is 18.1 Å². The lowest BCUT2D eigenvalue weighted by atomic mass is 9.84. The minimum atomic E-state index is -0.957. The van der Waals surface area contributed by atoms with Crippen LogP contribution in [0, 0.1) is 0 Å². The standard InChI is InChI=1S/C32H34N2O6/c1-6-39-25-16-13-21(19-23(25)32(3,4)5)29(36)27-28(24-10-8-9-17-33-24)34(31(38)30(27)37)22-14-11-20(12-15-22)18-26(35)40-7-2/h8-17,19,28,36H,6-7,18H2,1-5H3/b29-27-. The van der Waals surface area contributed by atoms with Crippen molar-refractivity contribution in [1.82, 2.24) is 4.98 Å². The molecule has 0 bridgehead atoms. The molecule has 2 heterocycles. The average molecular weight is 543 g/mol. The molecule has 1 aliphatic heterocycles. The van der Waals surface area contributed by atoms with Gasteiger partial charge in [0.25, 0.3) is 11.7 Å². The molecule has 1 amide bonds. The first-order valence-corrected chi connectivity index (χ1v) is 13.3. The molecular formula is C32H34N2O6. The maximum Gasteiger partial charge on any atom is 0.310 e. The van der Waals surface area contributed by atoms with E-state index in [9.17, 15) is 19.5 Å². The fourth-order valence-corrected chi connectivity index (χ4v) is 4.77. The summed E-state index contributed by atoms with van der Waals surface area (Å²) in [5, 5.41) is 11.6. The van der Waals surface area contributed by atoms with Gasteiger partial charge in [0, 0.05) is 23.0 Å². The van der Waals surface area contributed by atoms with Crippen molar-refractivity contribution in [2.24, 2.45) is 0 Å². The van der Waals surface area contributed by atoms with Crippen molar-refractivity contribution in [2.45, 2.75) is 52.5 Å². The van der Waals surface area contributed by atoms with Gasteiger partial charge in [-0.15, -0.1) is 0 Å². The number of aliphatic hydroxyl groups excluding tert-OH is 1. The van der Waals surface area contributed by atoms with E-state index in [1.807, 2.05) is 27.7 Å². The summed E-state index contributed by atoms with van der Waals surface area (Å²) in [4.78, 5) is 44.6. The predicted octanol–water partition coefficient (Wildman–Crippen LogP) is 5.51. The number of hydrogen-bond donors (Lipinski definition) is 1. The second kappa shape index (κ2) is 11.7. The topological polar surface area (TPSA) is 106 Å². The van der Waals surface area contributed by atoms with Crippen LogP contribution in [0.25, 0.3) is 5.76 Å². The van der Waals surface area contributed by atoms with Gasteiger partial charge < -0.3 is 14.6 Å². The molecule has 40 heavy (non-hydrogen) atoms. The lowest BCUT2D eigenvalue weighted by Gasteiger charge is -2.25.